The predicted octanol–water partition coefficient (Wildman–Crippen LogP) is 5.78. The fourth-order valence-corrected chi connectivity index (χ4v) is 3.79. The molecule has 1 saturated heterocycles. The first-order chi connectivity index (χ1) is 17.3. The Bertz CT molecular complexity index is 1390. The maximum absolute atomic E-state index is 14.3. The zero-order chi connectivity index (χ0) is 25.8. The minimum Gasteiger partial charge on any atom is -0.490 e. The normalized spacial score (nSPS) is 14.7. The van der Waals surface area contributed by atoms with Crippen LogP contribution in [0.25, 0.3) is 6.08 Å². The molecule has 3 aromatic carbocycles. The highest BCUT2D eigenvalue weighted by Crippen LogP contribution is 2.32. The summed E-state index contributed by atoms with van der Waals surface area (Å²) in [5, 5.41) is 2.91. The van der Waals surface area contributed by atoms with E-state index in [4.69, 9.17) is 32.7 Å². The SMILES string of the molecule is CCOc1cc(/C=C2/C(=O)NC(=O)N(c3ccccc3F)C2=O)ccc1OCc1ccc(Cl)c(Cl)c1. The molecule has 0 aliphatic carbocycles. The van der Waals surface area contributed by atoms with Crippen LogP contribution in [-0.2, 0) is 16.2 Å². The second-order valence-electron chi connectivity index (χ2n) is 7.59. The van der Waals surface area contributed by atoms with Gasteiger partial charge in [-0.3, -0.25) is 14.9 Å². The lowest BCUT2D eigenvalue weighted by Gasteiger charge is -2.26. The number of halogens is 3. The van der Waals surface area contributed by atoms with Gasteiger partial charge in [0.15, 0.2) is 11.5 Å². The van der Waals surface area contributed by atoms with Crippen LogP contribution < -0.4 is 19.7 Å². The van der Waals surface area contributed by atoms with Gasteiger partial charge in [0.25, 0.3) is 11.8 Å². The van der Waals surface area contributed by atoms with Gasteiger partial charge in [0.1, 0.15) is 18.0 Å². The number of carbonyl (C=O) groups is 3. The van der Waals surface area contributed by atoms with Crippen molar-refractivity contribution in [2.45, 2.75) is 13.5 Å². The minimum absolute atomic E-state index is 0.192. The van der Waals surface area contributed by atoms with Gasteiger partial charge >= 0.3 is 6.03 Å². The molecule has 1 N–H and O–H groups in total. The number of ether oxygens (including phenoxy) is 2. The maximum Gasteiger partial charge on any atom is 0.336 e. The molecule has 3 aromatic rings. The van der Waals surface area contributed by atoms with Crippen molar-refractivity contribution in [2.75, 3.05) is 11.5 Å². The molecule has 1 aliphatic rings. The van der Waals surface area contributed by atoms with Crippen LogP contribution in [0.5, 0.6) is 11.5 Å². The number of para-hydroxylation sites is 1. The maximum atomic E-state index is 14.3. The lowest BCUT2D eigenvalue weighted by molar-refractivity contribution is -0.122. The van der Waals surface area contributed by atoms with E-state index < -0.39 is 23.7 Å². The summed E-state index contributed by atoms with van der Waals surface area (Å²) in [6.07, 6.45) is 1.29. The van der Waals surface area contributed by atoms with Crippen molar-refractivity contribution in [1.82, 2.24) is 5.32 Å². The summed E-state index contributed by atoms with van der Waals surface area (Å²) in [5.41, 5.74) is 0.617. The molecule has 4 rings (SSSR count). The second kappa shape index (κ2) is 10.8. The summed E-state index contributed by atoms with van der Waals surface area (Å²) in [7, 11) is 0. The zero-order valence-electron chi connectivity index (χ0n) is 18.9. The standard InChI is InChI=1S/C26H19Cl2FN2O5/c1-2-35-23-13-15(8-10-22(23)36-14-16-7-9-18(27)19(28)12-16)11-17-24(32)30-26(34)31(25(17)33)21-6-4-3-5-20(21)29/h3-13H,2,14H2,1H3,(H,30,32,34)/b17-11-. The number of carbonyl (C=O) groups excluding carboxylic acids is 3. The number of amides is 4. The Morgan fingerprint density at radius 1 is 0.944 bits per heavy atom. The van der Waals surface area contributed by atoms with Crippen LogP contribution in [-0.4, -0.2) is 24.5 Å². The Balaban J connectivity index is 1.61. The summed E-state index contributed by atoms with van der Waals surface area (Å²) in [4.78, 5) is 38.4. The molecule has 0 saturated carbocycles. The average Bonchev–Trinajstić information content (AvgIpc) is 2.84. The van der Waals surface area contributed by atoms with Gasteiger partial charge < -0.3 is 9.47 Å². The van der Waals surface area contributed by atoms with E-state index in [2.05, 4.69) is 5.32 Å². The van der Waals surface area contributed by atoms with E-state index in [1.807, 2.05) is 0 Å². The van der Waals surface area contributed by atoms with Gasteiger partial charge in [0.2, 0.25) is 0 Å². The number of hydrogen-bond donors (Lipinski definition) is 1. The van der Waals surface area contributed by atoms with Crippen molar-refractivity contribution >= 4 is 52.8 Å². The number of nitrogens with zero attached hydrogens (tertiary/aromatic N) is 1. The number of barbiturate groups is 1. The van der Waals surface area contributed by atoms with E-state index in [1.54, 1.807) is 43.3 Å². The Morgan fingerprint density at radius 3 is 2.44 bits per heavy atom. The molecule has 1 fully saturated rings. The summed E-state index contributed by atoms with van der Waals surface area (Å²) < 4.78 is 25.8. The summed E-state index contributed by atoms with van der Waals surface area (Å²) in [6.45, 7) is 2.32. The van der Waals surface area contributed by atoms with Crippen LogP contribution >= 0.6 is 23.2 Å². The fourth-order valence-electron chi connectivity index (χ4n) is 3.47. The van der Waals surface area contributed by atoms with Crippen LogP contribution in [0, 0.1) is 5.82 Å². The molecule has 184 valence electrons. The first kappa shape index (κ1) is 25.2. The number of urea groups is 1. The van der Waals surface area contributed by atoms with Crippen molar-refractivity contribution in [3.8, 4) is 11.5 Å². The molecule has 0 aromatic heterocycles. The van der Waals surface area contributed by atoms with Crippen LogP contribution in [0.15, 0.2) is 66.2 Å². The number of nitrogens with one attached hydrogen (secondary N) is 1. The highest BCUT2D eigenvalue weighted by molar-refractivity contribution is 6.42. The predicted molar refractivity (Wildman–Crippen MR) is 134 cm³/mol. The summed E-state index contributed by atoms with van der Waals surface area (Å²) >= 11 is 12.0. The molecular formula is C26H19Cl2FN2O5. The molecule has 0 atom stereocenters. The van der Waals surface area contributed by atoms with Crippen molar-refractivity contribution in [2.24, 2.45) is 0 Å². The van der Waals surface area contributed by atoms with E-state index in [0.717, 1.165) is 11.6 Å². The van der Waals surface area contributed by atoms with Crippen molar-refractivity contribution in [3.05, 3.63) is 93.2 Å². The number of hydrogen-bond acceptors (Lipinski definition) is 5. The Kier molecular flexibility index (Phi) is 7.57. The largest absolute Gasteiger partial charge is 0.490 e. The van der Waals surface area contributed by atoms with Crippen molar-refractivity contribution in [3.63, 3.8) is 0 Å². The lowest BCUT2D eigenvalue weighted by Crippen LogP contribution is -2.54. The summed E-state index contributed by atoms with van der Waals surface area (Å²) in [6, 6.07) is 14.2. The average molecular weight is 529 g/mol. The molecule has 36 heavy (non-hydrogen) atoms. The second-order valence-corrected chi connectivity index (χ2v) is 8.40. The smallest absolute Gasteiger partial charge is 0.336 e. The van der Waals surface area contributed by atoms with E-state index in [-0.39, 0.29) is 17.9 Å². The topological polar surface area (TPSA) is 84.9 Å². The molecule has 7 nitrogen and oxygen atoms in total. The molecule has 0 spiro atoms. The monoisotopic (exact) mass is 528 g/mol. The van der Waals surface area contributed by atoms with E-state index >= 15 is 0 Å². The van der Waals surface area contributed by atoms with Crippen LogP contribution in [0.1, 0.15) is 18.1 Å². The van der Waals surface area contributed by atoms with Gasteiger partial charge in [-0.15, -0.1) is 0 Å². The summed E-state index contributed by atoms with van der Waals surface area (Å²) in [5.74, 6) is -1.83. The third-order valence-corrected chi connectivity index (χ3v) is 5.89. The van der Waals surface area contributed by atoms with Crippen molar-refractivity contribution < 1.29 is 28.2 Å². The minimum atomic E-state index is -1.03. The first-order valence-corrected chi connectivity index (χ1v) is 11.5. The highest BCUT2D eigenvalue weighted by Gasteiger charge is 2.38. The molecule has 0 bridgehead atoms. The van der Waals surface area contributed by atoms with E-state index in [9.17, 15) is 18.8 Å². The Labute approximate surface area is 216 Å². The number of benzene rings is 3. The first-order valence-electron chi connectivity index (χ1n) is 10.8. The van der Waals surface area contributed by atoms with Gasteiger partial charge in [0, 0.05) is 0 Å². The van der Waals surface area contributed by atoms with E-state index in [1.165, 1.54) is 24.3 Å². The third-order valence-electron chi connectivity index (χ3n) is 5.15. The quantitative estimate of drug-likeness (QED) is 0.310. The number of anilines is 1. The van der Waals surface area contributed by atoms with Crippen LogP contribution in [0.4, 0.5) is 14.9 Å². The van der Waals surface area contributed by atoms with Gasteiger partial charge in [0.05, 0.1) is 22.3 Å². The highest BCUT2D eigenvalue weighted by atomic mass is 35.5. The molecule has 0 unspecified atom stereocenters. The van der Waals surface area contributed by atoms with Crippen molar-refractivity contribution in [1.29, 1.82) is 0 Å². The van der Waals surface area contributed by atoms with Gasteiger partial charge in [-0.25, -0.2) is 14.1 Å². The third kappa shape index (κ3) is 5.35. The van der Waals surface area contributed by atoms with Crippen LogP contribution in [0.2, 0.25) is 10.0 Å². The number of rotatable bonds is 7. The van der Waals surface area contributed by atoms with Gasteiger partial charge in [-0.05, 0) is 60.5 Å². The molecule has 4 amide bonds. The molecule has 10 heteroatoms. The zero-order valence-corrected chi connectivity index (χ0v) is 20.4. The van der Waals surface area contributed by atoms with Crippen LogP contribution in [0.3, 0.4) is 0 Å². The molecule has 1 aliphatic heterocycles. The van der Waals surface area contributed by atoms with Gasteiger partial charge in [-0.1, -0.05) is 47.5 Å². The number of imide groups is 2. The van der Waals surface area contributed by atoms with Gasteiger partial charge in [-0.2, -0.15) is 0 Å². The fraction of sp³-hybridized carbons (Fsp3) is 0.115. The Morgan fingerprint density at radius 2 is 1.72 bits per heavy atom. The molecular weight excluding hydrogens is 510 g/mol. The Hall–Kier alpha value is -3.88. The molecule has 0 radical (unpaired) electrons. The molecule has 1 heterocycles. The van der Waals surface area contributed by atoms with E-state index in [0.29, 0.717) is 38.6 Å². The lowest BCUT2D eigenvalue weighted by atomic mass is 10.1.